The largest absolute Gasteiger partial charge is 0.375 e. The zero-order valence-electron chi connectivity index (χ0n) is 8.35. The minimum Gasteiger partial charge on any atom is -0.375 e. The molecule has 1 aromatic rings. The van der Waals surface area contributed by atoms with Crippen LogP contribution in [0.25, 0.3) is 0 Å². The summed E-state index contributed by atoms with van der Waals surface area (Å²) in [4.78, 5) is 17.0. The molecule has 0 aliphatic carbocycles. The number of anilines is 1. The molecule has 0 fully saturated rings. The Bertz CT molecular complexity index is 324. The van der Waals surface area contributed by atoms with Crippen LogP contribution in [0.4, 0.5) is 5.13 Å². The third-order valence-electron chi connectivity index (χ3n) is 1.58. The molecular weight excluding hydrogens is 218 g/mol. The van der Waals surface area contributed by atoms with Gasteiger partial charge in [-0.25, -0.2) is 4.98 Å². The molecule has 78 valence electrons. The van der Waals surface area contributed by atoms with E-state index in [1.54, 1.807) is 25.2 Å². The van der Waals surface area contributed by atoms with E-state index in [4.69, 9.17) is 5.73 Å². The van der Waals surface area contributed by atoms with Gasteiger partial charge in [-0.1, -0.05) is 11.3 Å². The Morgan fingerprint density at radius 2 is 2.36 bits per heavy atom. The summed E-state index contributed by atoms with van der Waals surface area (Å²) >= 11 is 2.89. The van der Waals surface area contributed by atoms with Gasteiger partial charge in [0.15, 0.2) is 5.13 Å². The number of carbonyl (C=O) groups is 1. The van der Waals surface area contributed by atoms with Crippen LogP contribution < -0.4 is 5.73 Å². The first-order valence-electron chi connectivity index (χ1n) is 4.10. The fraction of sp³-hybridized carbons (Fsp3) is 0.500. The predicted molar refractivity (Wildman–Crippen MR) is 60.5 cm³/mol. The topological polar surface area (TPSA) is 59.2 Å². The summed E-state index contributed by atoms with van der Waals surface area (Å²) in [6.07, 6.45) is 1.70. The van der Waals surface area contributed by atoms with Crippen LogP contribution in [0.2, 0.25) is 0 Å². The van der Waals surface area contributed by atoms with Gasteiger partial charge in [0.2, 0.25) is 5.91 Å². The maximum absolute atomic E-state index is 11.5. The number of nitrogen functional groups attached to an aromatic ring is 1. The second-order valence-electron chi connectivity index (χ2n) is 3.01. The lowest BCUT2D eigenvalue weighted by Gasteiger charge is -2.15. The van der Waals surface area contributed by atoms with Crippen LogP contribution in [0.5, 0.6) is 0 Å². The molecule has 6 heteroatoms. The molecule has 0 spiro atoms. The fourth-order valence-corrected chi connectivity index (χ4v) is 2.99. The van der Waals surface area contributed by atoms with Crippen LogP contribution in [0, 0.1) is 0 Å². The highest BCUT2D eigenvalue weighted by molar-refractivity contribution is 8.02. The van der Waals surface area contributed by atoms with E-state index in [2.05, 4.69) is 4.98 Å². The zero-order chi connectivity index (χ0) is 10.7. The fourth-order valence-electron chi connectivity index (χ4n) is 0.915. The van der Waals surface area contributed by atoms with Crippen molar-refractivity contribution in [1.29, 1.82) is 0 Å². The maximum atomic E-state index is 11.5. The van der Waals surface area contributed by atoms with Crippen molar-refractivity contribution in [2.45, 2.75) is 16.4 Å². The van der Waals surface area contributed by atoms with E-state index in [0.717, 1.165) is 4.21 Å². The van der Waals surface area contributed by atoms with Crippen molar-refractivity contribution in [3.8, 4) is 0 Å². The Labute approximate surface area is 91.5 Å². The number of amides is 1. The number of thiazole rings is 1. The van der Waals surface area contributed by atoms with E-state index in [9.17, 15) is 4.79 Å². The molecule has 1 atom stereocenters. The maximum Gasteiger partial charge on any atom is 0.235 e. The predicted octanol–water partition coefficient (Wildman–Crippen LogP) is 1.29. The third-order valence-corrected chi connectivity index (χ3v) is 3.64. The van der Waals surface area contributed by atoms with Crippen LogP contribution in [0.15, 0.2) is 10.4 Å². The van der Waals surface area contributed by atoms with E-state index in [-0.39, 0.29) is 11.2 Å². The minimum atomic E-state index is -0.0927. The van der Waals surface area contributed by atoms with Crippen LogP contribution in [-0.4, -0.2) is 35.1 Å². The van der Waals surface area contributed by atoms with Crippen LogP contribution in [0.1, 0.15) is 6.92 Å². The van der Waals surface area contributed by atoms with Gasteiger partial charge in [-0.15, -0.1) is 11.8 Å². The first-order valence-corrected chi connectivity index (χ1v) is 5.79. The van der Waals surface area contributed by atoms with Gasteiger partial charge < -0.3 is 10.6 Å². The van der Waals surface area contributed by atoms with Gasteiger partial charge in [-0.3, -0.25) is 4.79 Å². The van der Waals surface area contributed by atoms with E-state index in [0.29, 0.717) is 5.13 Å². The number of hydrogen-bond acceptors (Lipinski definition) is 5. The molecule has 0 saturated carbocycles. The number of carbonyl (C=O) groups excluding carboxylic acids is 1. The number of aromatic nitrogens is 1. The second-order valence-corrected chi connectivity index (χ2v) is 5.71. The molecule has 1 unspecified atom stereocenters. The zero-order valence-corrected chi connectivity index (χ0v) is 9.98. The highest BCUT2D eigenvalue weighted by Gasteiger charge is 2.16. The van der Waals surface area contributed by atoms with Gasteiger partial charge in [0.25, 0.3) is 0 Å². The Balaban J connectivity index is 2.57. The van der Waals surface area contributed by atoms with E-state index >= 15 is 0 Å². The summed E-state index contributed by atoms with van der Waals surface area (Å²) in [7, 11) is 3.50. The van der Waals surface area contributed by atoms with Crippen molar-refractivity contribution in [2.24, 2.45) is 0 Å². The Morgan fingerprint density at radius 3 is 2.79 bits per heavy atom. The summed E-state index contributed by atoms with van der Waals surface area (Å²) in [5, 5.41) is 0.446. The SMILES string of the molecule is CC(Sc1cnc(N)s1)C(=O)N(C)C. The lowest BCUT2D eigenvalue weighted by Crippen LogP contribution is -2.29. The van der Waals surface area contributed by atoms with Gasteiger partial charge in [0, 0.05) is 14.1 Å². The second kappa shape index (κ2) is 4.65. The summed E-state index contributed by atoms with van der Waals surface area (Å²) in [5.41, 5.74) is 5.49. The molecule has 1 heterocycles. The van der Waals surface area contributed by atoms with Crippen LogP contribution in [-0.2, 0) is 4.79 Å². The van der Waals surface area contributed by atoms with E-state index in [1.165, 1.54) is 23.1 Å². The number of rotatable bonds is 3. The highest BCUT2D eigenvalue weighted by Crippen LogP contribution is 2.30. The molecule has 0 radical (unpaired) electrons. The molecule has 0 saturated heterocycles. The van der Waals surface area contributed by atoms with E-state index < -0.39 is 0 Å². The summed E-state index contributed by atoms with van der Waals surface area (Å²) in [6.45, 7) is 1.88. The molecule has 1 rings (SSSR count). The molecule has 1 aromatic heterocycles. The molecule has 4 nitrogen and oxygen atoms in total. The van der Waals surface area contributed by atoms with Crippen molar-refractivity contribution >= 4 is 34.1 Å². The van der Waals surface area contributed by atoms with Crippen molar-refractivity contribution in [1.82, 2.24) is 9.88 Å². The molecule has 1 amide bonds. The normalized spacial score (nSPS) is 12.5. The lowest BCUT2D eigenvalue weighted by molar-refractivity contribution is -0.127. The molecule has 0 aliphatic rings. The van der Waals surface area contributed by atoms with Crippen molar-refractivity contribution in [3.05, 3.63) is 6.20 Å². The molecule has 14 heavy (non-hydrogen) atoms. The van der Waals surface area contributed by atoms with Gasteiger partial charge in [-0.2, -0.15) is 0 Å². The number of thioether (sulfide) groups is 1. The van der Waals surface area contributed by atoms with Crippen molar-refractivity contribution in [3.63, 3.8) is 0 Å². The van der Waals surface area contributed by atoms with Crippen molar-refractivity contribution in [2.75, 3.05) is 19.8 Å². The van der Waals surface area contributed by atoms with Gasteiger partial charge in [0.1, 0.15) is 0 Å². The third kappa shape index (κ3) is 2.88. The Morgan fingerprint density at radius 1 is 1.71 bits per heavy atom. The average Bonchev–Trinajstić information content (AvgIpc) is 2.49. The quantitative estimate of drug-likeness (QED) is 0.796. The smallest absolute Gasteiger partial charge is 0.235 e. The molecule has 0 aromatic carbocycles. The number of hydrogen-bond donors (Lipinski definition) is 1. The standard InChI is InChI=1S/C8H13N3OS2/c1-5(7(12)11(2)3)13-6-4-10-8(9)14-6/h4-5H,1-3H3,(H2,9,10). The van der Waals surface area contributed by atoms with Gasteiger partial charge in [-0.05, 0) is 6.92 Å². The summed E-state index contributed by atoms with van der Waals surface area (Å²) < 4.78 is 0.977. The molecular formula is C8H13N3OS2. The van der Waals surface area contributed by atoms with Crippen LogP contribution in [0.3, 0.4) is 0 Å². The van der Waals surface area contributed by atoms with Crippen LogP contribution >= 0.6 is 23.1 Å². The Hall–Kier alpha value is -0.750. The first kappa shape index (κ1) is 11.3. The highest BCUT2D eigenvalue weighted by atomic mass is 32.2. The molecule has 2 N–H and O–H groups in total. The summed E-state index contributed by atoms with van der Waals surface area (Å²) in [6, 6.07) is 0. The Kier molecular flexibility index (Phi) is 3.77. The van der Waals surface area contributed by atoms with E-state index in [1.807, 2.05) is 6.92 Å². The first-order chi connectivity index (χ1) is 6.50. The lowest BCUT2D eigenvalue weighted by atomic mass is 10.4. The van der Waals surface area contributed by atoms with Gasteiger partial charge in [0.05, 0.1) is 15.7 Å². The van der Waals surface area contributed by atoms with Gasteiger partial charge >= 0.3 is 0 Å². The average molecular weight is 231 g/mol. The number of nitrogens with two attached hydrogens (primary N) is 1. The molecule has 0 aliphatic heterocycles. The minimum absolute atomic E-state index is 0.0927. The monoisotopic (exact) mass is 231 g/mol. The summed E-state index contributed by atoms with van der Waals surface area (Å²) in [5.74, 6) is 0.0990. The number of nitrogens with zero attached hydrogens (tertiary/aromatic N) is 2. The van der Waals surface area contributed by atoms with Crippen molar-refractivity contribution < 1.29 is 4.79 Å². The molecule has 0 bridgehead atoms.